The highest BCUT2D eigenvalue weighted by Crippen LogP contribution is 2.31. The molecule has 1 aliphatic carbocycles. The molecule has 1 heterocycles. The molecule has 2 aliphatic rings. The fourth-order valence-corrected chi connectivity index (χ4v) is 4.00. The Labute approximate surface area is 150 Å². The largest absolute Gasteiger partial charge is 0.340 e. The Kier molecular flexibility index (Phi) is 4.84. The molecule has 1 aliphatic heterocycles. The van der Waals surface area contributed by atoms with E-state index in [1.165, 1.54) is 17.5 Å². The van der Waals surface area contributed by atoms with Gasteiger partial charge in [-0.1, -0.05) is 67.1 Å². The summed E-state index contributed by atoms with van der Waals surface area (Å²) in [5.74, 6) is 0.701. The van der Waals surface area contributed by atoms with E-state index in [0.717, 1.165) is 39.0 Å². The average Bonchev–Trinajstić information content (AvgIpc) is 2.63. The monoisotopic (exact) mass is 334 g/mol. The molecule has 0 spiro atoms. The van der Waals surface area contributed by atoms with Crippen molar-refractivity contribution in [2.24, 2.45) is 5.92 Å². The summed E-state index contributed by atoms with van der Waals surface area (Å²) in [6.45, 7) is 3.58. The number of piperazine rings is 1. The molecule has 0 aromatic heterocycles. The maximum Gasteiger partial charge on any atom is 0.225 e. The van der Waals surface area contributed by atoms with Crippen molar-refractivity contribution >= 4 is 5.91 Å². The van der Waals surface area contributed by atoms with Gasteiger partial charge in [-0.05, 0) is 24.0 Å². The molecule has 2 fully saturated rings. The molecule has 130 valence electrons. The molecule has 0 unspecified atom stereocenters. The van der Waals surface area contributed by atoms with Crippen LogP contribution in [0.5, 0.6) is 0 Å². The fraction of sp³-hybridized carbons (Fsp3) is 0.409. The van der Waals surface area contributed by atoms with E-state index in [1.54, 1.807) is 0 Å². The first kappa shape index (κ1) is 16.3. The Morgan fingerprint density at radius 3 is 1.76 bits per heavy atom. The summed E-state index contributed by atoms with van der Waals surface area (Å²) in [6.07, 6.45) is 3.41. The topological polar surface area (TPSA) is 23.6 Å². The zero-order chi connectivity index (χ0) is 17.1. The second-order valence-electron chi connectivity index (χ2n) is 7.21. The lowest BCUT2D eigenvalue weighted by Crippen LogP contribution is -2.52. The van der Waals surface area contributed by atoms with Gasteiger partial charge in [-0.25, -0.2) is 0 Å². The molecular formula is C22H26N2O. The Hall–Kier alpha value is -2.13. The quantitative estimate of drug-likeness (QED) is 0.851. The first-order valence-corrected chi connectivity index (χ1v) is 9.45. The van der Waals surface area contributed by atoms with Gasteiger partial charge in [0, 0.05) is 32.1 Å². The number of rotatable bonds is 4. The van der Waals surface area contributed by atoms with Gasteiger partial charge in [0.1, 0.15) is 0 Å². The van der Waals surface area contributed by atoms with Gasteiger partial charge < -0.3 is 4.90 Å². The van der Waals surface area contributed by atoms with Crippen LogP contribution in [0.25, 0.3) is 0 Å². The van der Waals surface area contributed by atoms with Crippen molar-refractivity contribution in [3.8, 4) is 0 Å². The summed E-state index contributed by atoms with van der Waals surface area (Å²) in [5, 5.41) is 0. The Bertz CT molecular complexity index is 649. The van der Waals surface area contributed by atoms with Crippen LogP contribution in [0.15, 0.2) is 60.7 Å². The second kappa shape index (κ2) is 7.40. The SMILES string of the molecule is O=C(C1CCC1)N1CCN(C(c2ccccc2)c2ccccc2)CC1. The normalized spacial score (nSPS) is 19.0. The van der Waals surface area contributed by atoms with Gasteiger partial charge >= 0.3 is 0 Å². The van der Waals surface area contributed by atoms with Crippen LogP contribution >= 0.6 is 0 Å². The van der Waals surface area contributed by atoms with E-state index in [2.05, 4.69) is 70.5 Å². The first-order valence-electron chi connectivity index (χ1n) is 9.45. The molecule has 2 aromatic rings. The maximum absolute atomic E-state index is 12.5. The van der Waals surface area contributed by atoms with Crippen molar-refractivity contribution in [3.05, 3.63) is 71.8 Å². The number of hydrogen-bond acceptors (Lipinski definition) is 2. The summed E-state index contributed by atoms with van der Waals surface area (Å²) in [4.78, 5) is 17.1. The van der Waals surface area contributed by atoms with Crippen molar-refractivity contribution in [1.82, 2.24) is 9.80 Å². The summed E-state index contributed by atoms with van der Waals surface area (Å²) in [6, 6.07) is 21.7. The van der Waals surface area contributed by atoms with Gasteiger partial charge in [0.2, 0.25) is 5.91 Å². The van der Waals surface area contributed by atoms with Crippen LogP contribution in [0.3, 0.4) is 0 Å². The van der Waals surface area contributed by atoms with Crippen molar-refractivity contribution in [2.45, 2.75) is 25.3 Å². The molecule has 1 saturated heterocycles. The minimum atomic E-state index is 0.267. The van der Waals surface area contributed by atoms with Gasteiger partial charge in [-0.15, -0.1) is 0 Å². The average molecular weight is 334 g/mol. The predicted octanol–water partition coefficient (Wildman–Crippen LogP) is 3.72. The van der Waals surface area contributed by atoms with Crippen molar-refractivity contribution in [2.75, 3.05) is 26.2 Å². The highest BCUT2D eigenvalue weighted by Gasteiger charge is 2.33. The summed E-state index contributed by atoms with van der Waals surface area (Å²) >= 11 is 0. The highest BCUT2D eigenvalue weighted by atomic mass is 16.2. The van der Waals surface area contributed by atoms with E-state index in [1.807, 2.05) is 0 Å². The number of carbonyl (C=O) groups excluding carboxylic acids is 1. The Balaban J connectivity index is 1.50. The third kappa shape index (κ3) is 3.47. The van der Waals surface area contributed by atoms with E-state index in [-0.39, 0.29) is 6.04 Å². The first-order chi connectivity index (χ1) is 12.3. The third-order valence-electron chi connectivity index (χ3n) is 5.68. The molecule has 3 heteroatoms. The van der Waals surface area contributed by atoms with Crippen LogP contribution in [0, 0.1) is 5.92 Å². The number of benzene rings is 2. The minimum absolute atomic E-state index is 0.267. The number of hydrogen-bond donors (Lipinski definition) is 0. The zero-order valence-corrected chi connectivity index (χ0v) is 14.7. The second-order valence-corrected chi connectivity index (χ2v) is 7.21. The molecule has 3 nitrogen and oxygen atoms in total. The molecular weight excluding hydrogens is 308 g/mol. The molecule has 0 atom stereocenters. The van der Waals surface area contributed by atoms with E-state index >= 15 is 0 Å². The van der Waals surface area contributed by atoms with Crippen LogP contribution in [0.4, 0.5) is 0 Å². The maximum atomic E-state index is 12.5. The molecule has 4 rings (SSSR count). The van der Waals surface area contributed by atoms with Gasteiger partial charge in [0.15, 0.2) is 0 Å². The minimum Gasteiger partial charge on any atom is -0.340 e. The molecule has 2 aromatic carbocycles. The molecule has 25 heavy (non-hydrogen) atoms. The number of carbonyl (C=O) groups is 1. The summed E-state index contributed by atoms with van der Waals surface area (Å²) < 4.78 is 0. The van der Waals surface area contributed by atoms with Gasteiger partial charge in [-0.2, -0.15) is 0 Å². The molecule has 0 radical (unpaired) electrons. The molecule has 0 N–H and O–H groups in total. The lowest BCUT2D eigenvalue weighted by molar-refractivity contribution is -0.140. The van der Waals surface area contributed by atoms with Crippen LogP contribution in [-0.2, 0) is 4.79 Å². The van der Waals surface area contributed by atoms with Gasteiger partial charge in [0.25, 0.3) is 0 Å². The lowest BCUT2D eigenvalue weighted by atomic mass is 9.84. The van der Waals surface area contributed by atoms with E-state index < -0.39 is 0 Å². The standard InChI is InChI=1S/C22H26N2O/c25-22(20-12-7-13-20)24-16-14-23(15-17-24)21(18-8-3-1-4-9-18)19-10-5-2-6-11-19/h1-6,8-11,20-21H,7,12-17H2. The lowest BCUT2D eigenvalue weighted by Gasteiger charge is -2.41. The fourth-order valence-electron chi connectivity index (χ4n) is 4.00. The van der Waals surface area contributed by atoms with Crippen molar-refractivity contribution < 1.29 is 4.79 Å². The van der Waals surface area contributed by atoms with Crippen LogP contribution in [0.2, 0.25) is 0 Å². The Morgan fingerprint density at radius 1 is 0.800 bits per heavy atom. The molecule has 1 amide bonds. The van der Waals surface area contributed by atoms with E-state index in [4.69, 9.17) is 0 Å². The van der Waals surface area contributed by atoms with E-state index in [9.17, 15) is 4.79 Å². The number of nitrogens with zero attached hydrogens (tertiary/aromatic N) is 2. The van der Waals surface area contributed by atoms with Crippen LogP contribution in [0.1, 0.15) is 36.4 Å². The van der Waals surface area contributed by atoms with Crippen molar-refractivity contribution in [1.29, 1.82) is 0 Å². The smallest absolute Gasteiger partial charge is 0.225 e. The van der Waals surface area contributed by atoms with Crippen LogP contribution in [-0.4, -0.2) is 41.9 Å². The van der Waals surface area contributed by atoms with E-state index in [0.29, 0.717) is 11.8 Å². The highest BCUT2D eigenvalue weighted by molar-refractivity contribution is 5.79. The number of amides is 1. The van der Waals surface area contributed by atoms with Crippen LogP contribution < -0.4 is 0 Å². The molecule has 1 saturated carbocycles. The third-order valence-corrected chi connectivity index (χ3v) is 5.68. The molecule has 0 bridgehead atoms. The predicted molar refractivity (Wildman–Crippen MR) is 100 cm³/mol. The summed E-state index contributed by atoms with van der Waals surface area (Å²) in [7, 11) is 0. The summed E-state index contributed by atoms with van der Waals surface area (Å²) in [5.41, 5.74) is 2.65. The van der Waals surface area contributed by atoms with Crippen molar-refractivity contribution in [3.63, 3.8) is 0 Å². The zero-order valence-electron chi connectivity index (χ0n) is 14.7. The van der Waals surface area contributed by atoms with Gasteiger partial charge in [0.05, 0.1) is 6.04 Å². The van der Waals surface area contributed by atoms with Gasteiger partial charge in [-0.3, -0.25) is 9.69 Å². The Morgan fingerprint density at radius 2 is 1.32 bits per heavy atom.